The summed E-state index contributed by atoms with van der Waals surface area (Å²) in [5.41, 5.74) is 0. The average molecular weight is 180 g/mol. The molecular formula is C8H12N4O. The summed E-state index contributed by atoms with van der Waals surface area (Å²) in [6.07, 6.45) is 3.82. The molecule has 70 valence electrons. The van der Waals surface area contributed by atoms with E-state index in [0.29, 0.717) is 6.04 Å². The van der Waals surface area contributed by atoms with Gasteiger partial charge in [0.1, 0.15) is 0 Å². The van der Waals surface area contributed by atoms with Gasteiger partial charge in [-0.3, -0.25) is 0 Å². The molecule has 0 amide bonds. The zero-order valence-corrected chi connectivity index (χ0v) is 7.36. The summed E-state index contributed by atoms with van der Waals surface area (Å²) >= 11 is 0. The lowest BCUT2D eigenvalue weighted by Crippen LogP contribution is -2.47. The standard InChI is InChI=1S/C8H12N4O/c1-2-4-12-6(3-1)5-9-7-8(12)11-13-10-7/h6H,1-5H2,(H,9,10). The summed E-state index contributed by atoms with van der Waals surface area (Å²) in [4.78, 5) is 2.31. The van der Waals surface area contributed by atoms with Crippen molar-refractivity contribution in [2.24, 2.45) is 0 Å². The van der Waals surface area contributed by atoms with Crippen LogP contribution in [0.4, 0.5) is 11.6 Å². The zero-order chi connectivity index (χ0) is 8.67. The molecule has 1 saturated heterocycles. The molecule has 5 nitrogen and oxygen atoms in total. The highest BCUT2D eigenvalue weighted by atomic mass is 16.6. The third-order valence-electron chi connectivity index (χ3n) is 2.88. The van der Waals surface area contributed by atoms with Crippen LogP contribution >= 0.6 is 0 Å². The lowest BCUT2D eigenvalue weighted by Gasteiger charge is -2.38. The molecule has 0 aromatic carbocycles. The summed E-state index contributed by atoms with van der Waals surface area (Å²) in [6, 6.07) is 0.591. The maximum atomic E-state index is 4.71. The SMILES string of the molecule is C1CCN2c3nonc3NCC2C1. The molecule has 1 fully saturated rings. The van der Waals surface area contributed by atoms with Crippen LogP contribution < -0.4 is 10.2 Å². The Bertz CT molecular complexity index is 311. The molecule has 2 aliphatic heterocycles. The summed E-state index contributed by atoms with van der Waals surface area (Å²) in [6.45, 7) is 2.06. The first-order valence-electron chi connectivity index (χ1n) is 4.78. The minimum absolute atomic E-state index is 0.591. The van der Waals surface area contributed by atoms with Crippen LogP contribution in [0.3, 0.4) is 0 Å². The molecule has 13 heavy (non-hydrogen) atoms. The van der Waals surface area contributed by atoms with E-state index in [1.54, 1.807) is 0 Å². The van der Waals surface area contributed by atoms with Crippen LogP contribution in [0.5, 0.6) is 0 Å². The van der Waals surface area contributed by atoms with Crippen LogP contribution in [0.25, 0.3) is 0 Å². The molecule has 0 spiro atoms. The molecule has 0 aliphatic carbocycles. The van der Waals surface area contributed by atoms with Crippen molar-refractivity contribution in [1.82, 2.24) is 10.3 Å². The maximum Gasteiger partial charge on any atom is 0.218 e. The number of aromatic nitrogens is 2. The van der Waals surface area contributed by atoms with Crippen LogP contribution in [-0.2, 0) is 0 Å². The molecule has 3 heterocycles. The molecule has 1 aromatic heterocycles. The van der Waals surface area contributed by atoms with Crippen molar-refractivity contribution in [2.75, 3.05) is 23.3 Å². The van der Waals surface area contributed by atoms with Gasteiger partial charge in [0, 0.05) is 19.1 Å². The van der Waals surface area contributed by atoms with E-state index in [0.717, 1.165) is 24.7 Å². The van der Waals surface area contributed by atoms with Crippen molar-refractivity contribution in [3.63, 3.8) is 0 Å². The Kier molecular flexibility index (Phi) is 1.44. The normalized spacial score (nSPS) is 26.2. The van der Waals surface area contributed by atoms with Gasteiger partial charge in [0.15, 0.2) is 0 Å². The van der Waals surface area contributed by atoms with Crippen LogP contribution in [0.15, 0.2) is 4.63 Å². The molecule has 1 aromatic rings. The summed E-state index contributed by atoms with van der Waals surface area (Å²) in [5.74, 6) is 1.70. The number of rotatable bonds is 0. The van der Waals surface area contributed by atoms with Gasteiger partial charge in [0.05, 0.1) is 0 Å². The van der Waals surface area contributed by atoms with Crippen molar-refractivity contribution in [2.45, 2.75) is 25.3 Å². The Morgan fingerprint density at radius 1 is 1.38 bits per heavy atom. The van der Waals surface area contributed by atoms with E-state index in [1.807, 2.05) is 0 Å². The largest absolute Gasteiger partial charge is 0.362 e. The van der Waals surface area contributed by atoms with E-state index in [-0.39, 0.29) is 0 Å². The zero-order valence-electron chi connectivity index (χ0n) is 7.36. The van der Waals surface area contributed by atoms with Crippen LogP contribution in [0, 0.1) is 0 Å². The first-order chi connectivity index (χ1) is 6.45. The quantitative estimate of drug-likeness (QED) is 0.641. The second-order valence-corrected chi connectivity index (χ2v) is 3.66. The van der Waals surface area contributed by atoms with Crippen LogP contribution in [0.1, 0.15) is 19.3 Å². The highest BCUT2D eigenvalue weighted by molar-refractivity contribution is 5.63. The highest BCUT2D eigenvalue weighted by Crippen LogP contribution is 2.31. The monoisotopic (exact) mass is 180 g/mol. The molecule has 1 N–H and O–H groups in total. The molecule has 0 radical (unpaired) electrons. The smallest absolute Gasteiger partial charge is 0.218 e. The molecule has 3 rings (SSSR count). The maximum absolute atomic E-state index is 4.71. The molecule has 1 unspecified atom stereocenters. The van der Waals surface area contributed by atoms with Gasteiger partial charge in [-0.05, 0) is 29.6 Å². The number of fused-ring (bicyclic) bond motifs is 3. The molecule has 5 heteroatoms. The number of hydrogen-bond donors (Lipinski definition) is 1. The Labute approximate surface area is 76.1 Å². The van der Waals surface area contributed by atoms with Crippen LogP contribution in [-0.4, -0.2) is 29.4 Å². The molecule has 1 atom stereocenters. The third kappa shape index (κ3) is 0.993. The fourth-order valence-electron chi connectivity index (χ4n) is 2.19. The van der Waals surface area contributed by atoms with E-state index in [4.69, 9.17) is 4.63 Å². The lowest BCUT2D eigenvalue weighted by atomic mass is 10.0. The first kappa shape index (κ1) is 7.17. The number of nitrogens with one attached hydrogen (secondary N) is 1. The Balaban J connectivity index is 1.97. The second-order valence-electron chi connectivity index (χ2n) is 3.66. The third-order valence-corrected chi connectivity index (χ3v) is 2.88. The van der Waals surface area contributed by atoms with Gasteiger partial charge >= 0.3 is 0 Å². The van der Waals surface area contributed by atoms with Crippen LogP contribution in [0.2, 0.25) is 0 Å². The fraction of sp³-hybridized carbons (Fsp3) is 0.750. The van der Waals surface area contributed by atoms with Gasteiger partial charge in [-0.2, -0.15) is 0 Å². The molecule has 0 saturated carbocycles. The van der Waals surface area contributed by atoms with Crippen molar-refractivity contribution in [3.8, 4) is 0 Å². The molecule has 2 aliphatic rings. The van der Waals surface area contributed by atoms with Gasteiger partial charge in [-0.15, -0.1) is 0 Å². The molecule has 0 bridgehead atoms. The van der Waals surface area contributed by atoms with Gasteiger partial charge in [-0.25, -0.2) is 4.63 Å². The second kappa shape index (κ2) is 2.61. The summed E-state index contributed by atoms with van der Waals surface area (Å²) < 4.78 is 4.71. The number of anilines is 2. The Morgan fingerprint density at radius 3 is 3.38 bits per heavy atom. The van der Waals surface area contributed by atoms with Crippen molar-refractivity contribution < 1.29 is 4.63 Å². The van der Waals surface area contributed by atoms with E-state index in [2.05, 4.69) is 20.5 Å². The number of nitrogens with zero attached hydrogens (tertiary/aromatic N) is 3. The fourth-order valence-corrected chi connectivity index (χ4v) is 2.19. The predicted molar refractivity (Wildman–Crippen MR) is 47.8 cm³/mol. The topological polar surface area (TPSA) is 54.2 Å². The van der Waals surface area contributed by atoms with Gasteiger partial charge in [0.25, 0.3) is 0 Å². The van der Waals surface area contributed by atoms with E-state index in [9.17, 15) is 0 Å². The van der Waals surface area contributed by atoms with E-state index in [1.165, 1.54) is 19.3 Å². The predicted octanol–water partition coefficient (Wildman–Crippen LogP) is 0.854. The summed E-state index contributed by atoms with van der Waals surface area (Å²) in [5, 5.41) is 11.0. The van der Waals surface area contributed by atoms with Crippen molar-refractivity contribution in [1.29, 1.82) is 0 Å². The Hall–Kier alpha value is -1.26. The van der Waals surface area contributed by atoms with Crippen molar-refractivity contribution in [3.05, 3.63) is 0 Å². The lowest BCUT2D eigenvalue weighted by molar-refractivity contribution is 0.308. The van der Waals surface area contributed by atoms with Gasteiger partial charge in [0.2, 0.25) is 11.6 Å². The van der Waals surface area contributed by atoms with E-state index < -0.39 is 0 Å². The van der Waals surface area contributed by atoms with Gasteiger partial charge in [-0.1, -0.05) is 0 Å². The first-order valence-corrected chi connectivity index (χ1v) is 4.78. The van der Waals surface area contributed by atoms with Gasteiger partial charge < -0.3 is 10.2 Å². The van der Waals surface area contributed by atoms with E-state index >= 15 is 0 Å². The Morgan fingerprint density at radius 2 is 2.38 bits per heavy atom. The minimum Gasteiger partial charge on any atom is -0.362 e. The summed E-state index contributed by atoms with van der Waals surface area (Å²) in [7, 11) is 0. The number of piperidine rings is 1. The van der Waals surface area contributed by atoms with Crippen molar-refractivity contribution >= 4 is 11.6 Å². The highest BCUT2D eigenvalue weighted by Gasteiger charge is 2.31. The average Bonchev–Trinajstić information content (AvgIpc) is 2.65. The minimum atomic E-state index is 0.591. The molecular weight excluding hydrogens is 168 g/mol. The number of hydrogen-bond acceptors (Lipinski definition) is 5.